The van der Waals surface area contributed by atoms with Crippen molar-refractivity contribution in [3.05, 3.63) is 81.7 Å². The largest absolute Gasteiger partial charge is 2.00 e. The molecule has 0 aromatic carbocycles. The molecule has 0 spiro atoms. The molecule has 0 atom stereocenters. The average molecular weight is 521 g/mol. The van der Waals surface area contributed by atoms with Crippen LogP contribution in [0.1, 0.15) is 0 Å². The second-order valence-electron chi connectivity index (χ2n) is 4.91. The first-order valence-corrected chi connectivity index (χ1v) is 9.35. The van der Waals surface area contributed by atoms with Gasteiger partial charge in [-0.1, -0.05) is 6.58 Å². The van der Waals surface area contributed by atoms with E-state index < -0.39 is 7.81 Å². The van der Waals surface area contributed by atoms with Gasteiger partial charge in [0.1, 0.15) is 0 Å². The monoisotopic (exact) mass is 521 g/mol. The van der Waals surface area contributed by atoms with Gasteiger partial charge in [0, 0.05) is 19.5 Å². The van der Waals surface area contributed by atoms with E-state index >= 15 is 0 Å². The number of hydrogen-bond donors (Lipinski definition) is 0. The molecule has 0 unspecified atom stereocenters. The van der Waals surface area contributed by atoms with Gasteiger partial charge in [0.05, 0.1) is 5.38 Å². The topological polar surface area (TPSA) is 20.3 Å². The van der Waals surface area contributed by atoms with Gasteiger partial charge in [-0.3, -0.25) is 4.79 Å². The fraction of sp³-hybridized carbons (Fsp3) is 0.125. The Morgan fingerprint density at radius 1 is 1.00 bits per heavy atom. The number of hydrogen-bond acceptors (Lipinski definition) is 1. The minimum atomic E-state index is -10.7. The number of amides is 1. The molecule has 2 fully saturated rings. The number of carbonyl (C=O) groups is 1. The first-order chi connectivity index (χ1) is 11.6. The van der Waals surface area contributed by atoms with Gasteiger partial charge in [0.25, 0.3) is 0 Å². The summed E-state index contributed by atoms with van der Waals surface area (Å²) in [5.41, 5.74) is 0. The fourth-order valence-electron chi connectivity index (χ4n) is 1.44. The molecule has 0 aromatic rings. The molecule has 11 radical (unpaired) electrons. The van der Waals surface area contributed by atoms with E-state index in [4.69, 9.17) is 11.6 Å². The second kappa shape index (κ2) is 11.4. The summed E-state index contributed by atoms with van der Waals surface area (Å²) < 4.78 is 59.2. The maximum atomic E-state index is 11.2. The summed E-state index contributed by atoms with van der Waals surface area (Å²) in [6.07, 6.45) is 18.8. The third-order valence-electron chi connectivity index (χ3n) is 2.47. The summed E-state index contributed by atoms with van der Waals surface area (Å²) in [5, 5.41) is 0.677. The third-order valence-corrected chi connectivity index (χ3v) is 2.84. The van der Waals surface area contributed by atoms with Crippen LogP contribution in [0, 0.1) is 69.1 Å². The molecule has 2 saturated carbocycles. The number of halogens is 7. The van der Waals surface area contributed by atoms with Crippen LogP contribution in [0.2, 0.25) is 0 Å². The molecular weight excluding hydrogens is 504 g/mol. The fourth-order valence-corrected chi connectivity index (χ4v) is 1.63. The predicted molar refractivity (Wildman–Crippen MR) is 92.4 cm³/mol. The van der Waals surface area contributed by atoms with Gasteiger partial charge in [-0.25, -0.2) is 0 Å². The Morgan fingerprint density at radius 2 is 1.37 bits per heavy atom. The van der Waals surface area contributed by atoms with Gasteiger partial charge >= 0.3 is 52.5 Å². The quantitative estimate of drug-likeness (QED) is 0.188. The van der Waals surface area contributed by atoms with Crippen LogP contribution >= 0.6 is 19.4 Å². The minimum absolute atomic E-state index is 0. The summed E-state index contributed by atoms with van der Waals surface area (Å²) in [6, 6.07) is 0. The van der Waals surface area contributed by atoms with E-state index in [1.54, 1.807) is 11.9 Å². The standard InChI is InChI=1S/C11H12ClNO.C5H5.F6P.Ru/c1-3-11(14)13(2)8-9-6-4-5-7-10(9)12;1-2-4-5-3-1;1-7(2,3,4,5)6;/h3-7H,1,8H2,2H3;1-5H;;/q;;-1;+2. The van der Waals surface area contributed by atoms with Gasteiger partial charge in [0.2, 0.25) is 5.91 Å². The predicted octanol–water partition coefficient (Wildman–Crippen LogP) is 6.21. The van der Waals surface area contributed by atoms with Crippen molar-refractivity contribution >= 4 is 25.3 Å². The molecule has 0 bridgehead atoms. The number of likely N-dealkylation sites (N-methyl/N-ethyl adjacent to an activating group) is 1. The van der Waals surface area contributed by atoms with E-state index in [-0.39, 0.29) is 25.4 Å². The Morgan fingerprint density at radius 3 is 1.70 bits per heavy atom. The SMILES string of the molecule is C=CC(=O)N(C)C[C]1[CH][CH][CH][CH][C]1Cl.F[P-](F)(F)(F)(F)F.[CH]1[CH][CH][CH][CH]1.[Ru+2]. The van der Waals surface area contributed by atoms with Crippen LogP contribution < -0.4 is 0 Å². The molecule has 27 heavy (non-hydrogen) atoms. The normalized spacial score (nSPS) is 20.4. The summed E-state index contributed by atoms with van der Waals surface area (Å²) >= 11 is 5.95. The van der Waals surface area contributed by atoms with Crippen LogP contribution in [0.15, 0.2) is 12.7 Å². The van der Waals surface area contributed by atoms with E-state index in [2.05, 4.69) is 6.58 Å². The van der Waals surface area contributed by atoms with Crippen LogP contribution in [0.4, 0.5) is 25.2 Å². The van der Waals surface area contributed by atoms with Crippen molar-refractivity contribution < 1.29 is 49.5 Å². The molecule has 2 aliphatic carbocycles. The molecule has 0 aliphatic heterocycles. The van der Waals surface area contributed by atoms with Crippen LogP contribution in [0.5, 0.6) is 0 Å². The van der Waals surface area contributed by atoms with E-state index in [1.807, 2.05) is 57.8 Å². The number of carbonyl (C=O) groups excluding carboxylic acids is 1. The average Bonchev–Trinajstić information content (AvgIpc) is 3.05. The van der Waals surface area contributed by atoms with Gasteiger partial charge in [-0.2, -0.15) is 0 Å². The second-order valence-corrected chi connectivity index (χ2v) is 7.23. The zero-order chi connectivity index (χ0) is 20.5. The van der Waals surface area contributed by atoms with Gasteiger partial charge in [0.15, 0.2) is 0 Å². The Hall–Kier alpha value is 0.133. The first-order valence-electron chi connectivity index (χ1n) is 6.94. The zero-order valence-corrected chi connectivity index (χ0v) is 17.4. The third kappa shape index (κ3) is 22.3. The molecule has 2 rings (SSSR count). The summed E-state index contributed by atoms with van der Waals surface area (Å²) in [7, 11) is -8.94. The number of nitrogens with zero attached hydrogens (tertiary/aromatic N) is 1. The van der Waals surface area contributed by atoms with Crippen molar-refractivity contribution in [2.24, 2.45) is 0 Å². The molecule has 2 nitrogen and oxygen atoms in total. The van der Waals surface area contributed by atoms with Crippen LogP contribution in [0.25, 0.3) is 0 Å². The van der Waals surface area contributed by atoms with Crippen LogP contribution in [-0.4, -0.2) is 24.4 Å². The van der Waals surface area contributed by atoms with Gasteiger partial charge in [-0.05, 0) is 63.9 Å². The Kier molecular flexibility index (Phi) is 12.3. The minimum Gasteiger partial charge on any atom is -0.0312 e. The number of rotatable bonds is 3. The van der Waals surface area contributed by atoms with E-state index in [0.29, 0.717) is 11.9 Å². The molecule has 2 aliphatic rings. The molecule has 0 aromatic heterocycles. The van der Waals surface area contributed by atoms with Crippen LogP contribution in [0.3, 0.4) is 0 Å². The summed E-state index contributed by atoms with van der Waals surface area (Å²) in [6.45, 7) is 3.93. The van der Waals surface area contributed by atoms with E-state index in [0.717, 1.165) is 5.92 Å². The molecule has 0 N–H and O–H groups in total. The molecule has 153 valence electrons. The summed E-state index contributed by atoms with van der Waals surface area (Å²) in [5.74, 6) is 0.830. The maximum absolute atomic E-state index is 11.2. The van der Waals surface area contributed by atoms with E-state index in [1.165, 1.54) is 6.08 Å². The van der Waals surface area contributed by atoms with Gasteiger partial charge < -0.3 is 4.90 Å². The van der Waals surface area contributed by atoms with Crippen LogP contribution in [-0.2, 0) is 24.3 Å². The molecule has 11 heteroatoms. The van der Waals surface area contributed by atoms with Crippen molar-refractivity contribution in [2.45, 2.75) is 0 Å². The van der Waals surface area contributed by atoms with Crippen molar-refractivity contribution in [1.29, 1.82) is 0 Å². The maximum Gasteiger partial charge on any atom is 2.00 e. The van der Waals surface area contributed by atoms with Crippen molar-refractivity contribution in [2.75, 3.05) is 13.6 Å². The summed E-state index contributed by atoms with van der Waals surface area (Å²) in [4.78, 5) is 12.8. The Balaban J connectivity index is 0. The Labute approximate surface area is 175 Å². The molecule has 1 amide bonds. The van der Waals surface area contributed by atoms with Crippen molar-refractivity contribution in [1.82, 2.24) is 4.90 Å². The first kappa shape index (κ1) is 29.3. The molecule has 0 heterocycles. The van der Waals surface area contributed by atoms with Gasteiger partial charge in [-0.15, -0.1) is 11.6 Å². The Bertz CT molecular complexity index is 439. The van der Waals surface area contributed by atoms with Crippen molar-refractivity contribution in [3.63, 3.8) is 0 Å². The van der Waals surface area contributed by atoms with E-state index in [9.17, 15) is 30.0 Å². The smallest absolute Gasteiger partial charge is 0.0312 e. The van der Waals surface area contributed by atoms with Crippen molar-refractivity contribution in [3.8, 4) is 0 Å². The zero-order valence-electron chi connectivity index (χ0n) is 14.0. The molecular formula is C16H17ClF6NOPRu+. The molecule has 0 saturated heterocycles.